The predicted molar refractivity (Wildman–Crippen MR) is 101 cm³/mol. The maximum atomic E-state index is 8.15. The second-order valence-corrected chi connectivity index (χ2v) is 13.2. The van der Waals surface area contributed by atoms with Crippen LogP contribution >= 0.6 is 29.1 Å². The molecule has 3 aliphatic carbocycles. The fraction of sp³-hybridized carbons (Fsp3) is 0.800. The van der Waals surface area contributed by atoms with Crippen LogP contribution in [0.25, 0.3) is 0 Å². The fourth-order valence-corrected chi connectivity index (χ4v) is 2.65. The third-order valence-corrected chi connectivity index (χ3v) is 3.97. The summed E-state index contributed by atoms with van der Waals surface area (Å²) >= 11 is -1.66. The molecule has 6 nitrogen and oxygen atoms in total. The van der Waals surface area contributed by atoms with Crippen molar-refractivity contribution in [3.63, 3.8) is 0 Å². The van der Waals surface area contributed by atoms with E-state index >= 15 is 0 Å². The third kappa shape index (κ3) is 15.8. The van der Waals surface area contributed by atoms with E-state index in [2.05, 4.69) is 15.5 Å². The molecule has 3 saturated carbocycles. The summed E-state index contributed by atoms with van der Waals surface area (Å²) in [7, 11) is 14.8. The first kappa shape index (κ1) is 24.9. The molecule has 150 valence electrons. The van der Waals surface area contributed by atoms with Gasteiger partial charge in [-0.1, -0.05) is 15.5 Å². The predicted octanol–water partition coefficient (Wildman–Crippen LogP) is 6.24. The maximum absolute atomic E-state index is 8.15. The van der Waals surface area contributed by atoms with Crippen LogP contribution in [0.4, 0.5) is 0 Å². The zero-order valence-electron chi connectivity index (χ0n) is 14.1. The molecule has 0 aromatic carbocycles. The van der Waals surface area contributed by atoms with E-state index in [9.17, 15) is 0 Å². The van der Waals surface area contributed by atoms with E-state index in [0.29, 0.717) is 0 Å². The van der Waals surface area contributed by atoms with Gasteiger partial charge in [-0.3, -0.25) is 0 Å². The number of hydrogen-bond donors (Lipinski definition) is 3. The molecule has 0 aliphatic heterocycles. The normalized spacial score (nSPS) is 18.8. The molecule has 0 bridgehead atoms. The molecule has 0 unspecified atom stereocenters. The van der Waals surface area contributed by atoms with Crippen LogP contribution in [0.3, 0.4) is 0 Å². The average molecular weight is 507 g/mol. The van der Waals surface area contributed by atoms with Crippen LogP contribution in [-0.4, -0.2) is 32.8 Å². The Labute approximate surface area is 166 Å². The zero-order chi connectivity index (χ0) is 18.9. The first-order chi connectivity index (χ1) is 12.0. The minimum atomic E-state index is -1.66. The van der Waals surface area contributed by atoms with Crippen LogP contribution in [0.5, 0.6) is 0 Å². The monoisotopic (exact) mass is 505 g/mol. The van der Waals surface area contributed by atoms with Gasteiger partial charge in [-0.05, 0) is 77.0 Å². The number of nitrogens with zero attached hydrogens (tertiary/aromatic N) is 3. The molecule has 0 radical (unpaired) electrons. The van der Waals surface area contributed by atoms with Crippen LogP contribution in [0.2, 0.25) is 0 Å². The van der Waals surface area contributed by atoms with E-state index in [4.69, 9.17) is 44.7 Å². The van der Waals surface area contributed by atoms with Gasteiger partial charge >= 0.3 is 42.1 Å². The number of rotatable bonds is 0. The molecule has 3 fully saturated rings. The molecule has 25 heavy (non-hydrogen) atoms. The quantitative estimate of drug-likeness (QED) is 0.206. The Bertz CT molecular complexity index is 352. The van der Waals surface area contributed by atoms with Crippen LogP contribution in [0.1, 0.15) is 77.0 Å². The Morgan fingerprint density at radius 2 is 0.680 bits per heavy atom. The van der Waals surface area contributed by atoms with Gasteiger partial charge in [-0.2, -0.15) is 0 Å². The Kier molecular flexibility index (Phi) is 17.3. The first-order valence-corrected chi connectivity index (χ1v) is 14.6. The summed E-state index contributed by atoms with van der Waals surface area (Å²) in [5.74, 6) is 0. The topological polar surface area (TPSA) is 97.8 Å². The molecule has 0 spiro atoms. The van der Waals surface area contributed by atoms with Crippen LogP contribution in [0, 0.1) is 0 Å². The van der Waals surface area contributed by atoms with Gasteiger partial charge in [-0.25, -0.2) is 0 Å². The van der Waals surface area contributed by atoms with Gasteiger partial charge in [0.05, 0.1) is 17.1 Å². The van der Waals surface area contributed by atoms with E-state index in [0.717, 1.165) is 55.7 Å². The van der Waals surface area contributed by atoms with Gasteiger partial charge in [-0.15, -0.1) is 0 Å². The molecule has 3 rings (SSSR count). The molecule has 0 aromatic rings. The molecular weight excluding hydrogens is 479 g/mol. The number of oxime groups is 3. The van der Waals surface area contributed by atoms with E-state index in [-0.39, 0.29) is 0 Å². The summed E-state index contributed by atoms with van der Waals surface area (Å²) in [6.07, 6.45) is 13.3. The standard InChI is InChI=1S/3C5H9NO.3ClH.Rh/c3*7-6-5-3-1-2-4-5;;;;/h3*7H,1-4H2;3*1H;/q;;;;;;+3/p-3. The zero-order valence-corrected chi connectivity index (χ0v) is 18.0. The molecule has 3 N–H and O–H groups in total. The summed E-state index contributed by atoms with van der Waals surface area (Å²) in [5.41, 5.74) is 2.92. The summed E-state index contributed by atoms with van der Waals surface area (Å²) in [4.78, 5) is 0. The van der Waals surface area contributed by atoms with E-state index in [1.54, 1.807) is 0 Å². The van der Waals surface area contributed by atoms with Crippen molar-refractivity contribution in [1.29, 1.82) is 0 Å². The van der Waals surface area contributed by atoms with Crippen molar-refractivity contribution in [3.8, 4) is 0 Å². The van der Waals surface area contributed by atoms with Gasteiger partial charge < -0.3 is 15.6 Å². The summed E-state index contributed by atoms with van der Waals surface area (Å²) in [6, 6.07) is 0. The van der Waals surface area contributed by atoms with Crippen molar-refractivity contribution in [3.05, 3.63) is 0 Å². The van der Waals surface area contributed by atoms with E-state index in [1.165, 1.54) is 38.5 Å². The second kappa shape index (κ2) is 17.3. The molecule has 0 saturated heterocycles. The molecule has 0 atom stereocenters. The summed E-state index contributed by atoms with van der Waals surface area (Å²) in [5, 5.41) is 33.8. The SMILES string of the molecule is ON=C1CCCC1.ON=C1CCCC1.ON=C1CCCC1.[Cl][Rh]([Cl])[Cl]. The molecular formula is C15H27Cl3N3O3Rh. The van der Waals surface area contributed by atoms with Crippen LogP contribution in [-0.2, 0) is 13.0 Å². The van der Waals surface area contributed by atoms with Crippen molar-refractivity contribution < 1.29 is 28.6 Å². The second-order valence-electron chi connectivity index (χ2n) is 5.76. The molecule has 0 aromatic heterocycles. The number of halogens is 3. The van der Waals surface area contributed by atoms with Gasteiger partial charge in [0, 0.05) is 0 Å². The average Bonchev–Trinajstić information content (AvgIpc) is 3.39. The Balaban J connectivity index is 0.000000314. The van der Waals surface area contributed by atoms with Crippen molar-refractivity contribution in [1.82, 2.24) is 0 Å². The van der Waals surface area contributed by atoms with Crippen molar-refractivity contribution in [2.24, 2.45) is 15.5 Å². The Morgan fingerprint density at radius 1 is 0.520 bits per heavy atom. The van der Waals surface area contributed by atoms with Crippen molar-refractivity contribution in [2.45, 2.75) is 77.0 Å². The first-order valence-electron chi connectivity index (χ1n) is 8.27. The van der Waals surface area contributed by atoms with Gasteiger partial charge in [0.25, 0.3) is 0 Å². The molecule has 0 amide bonds. The van der Waals surface area contributed by atoms with Crippen molar-refractivity contribution >= 4 is 46.2 Å². The third-order valence-electron chi connectivity index (χ3n) is 3.97. The summed E-state index contributed by atoms with van der Waals surface area (Å²) in [6.45, 7) is 0. The summed E-state index contributed by atoms with van der Waals surface area (Å²) < 4.78 is 0. The Morgan fingerprint density at radius 3 is 0.760 bits per heavy atom. The van der Waals surface area contributed by atoms with Gasteiger partial charge in [0.1, 0.15) is 0 Å². The van der Waals surface area contributed by atoms with Crippen LogP contribution < -0.4 is 0 Å². The Hall–Kier alpha value is -0.0966. The number of hydrogen-bond acceptors (Lipinski definition) is 6. The van der Waals surface area contributed by atoms with Gasteiger partial charge in [0.2, 0.25) is 0 Å². The van der Waals surface area contributed by atoms with Crippen LogP contribution in [0.15, 0.2) is 15.5 Å². The molecule has 10 heteroatoms. The minimum absolute atomic E-state index is 0.972. The molecule has 0 heterocycles. The molecule has 3 aliphatic rings. The fourth-order valence-electron chi connectivity index (χ4n) is 2.65. The van der Waals surface area contributed by atoms with E-state index < -0.39 is 13.0 Å². The van der Waals surface area contributed by atoms with Crippen molar-refractivity contribution in [2.75, 3.05) is 0 Å². The van der Waals surface area contributed by atoms with E-state index in [1.807, 2.05) is 0 Å². The van der Waals surface area contributed by atoms with Gasteiger partial charge in [0.15, 0.2) is 0 Å².